The number of benzene rings is 1. The molecule has 138 valence electrons. The number of rotatable bonds is 2. The number of hydrogen-bond donors (Lipinski definition) is 1. The Labute approximate surface area is 158 Å². The van der Waals surface area contributed by atoms with Crippen molar-refractivity contribution in [3.05, 3.63) is 59.5 Å². The molecular weight excluding hydrogens is 336 g/mol. The Bertz CT molecular complexity index is 1000. The number of piperidine rings is 1. The van der Waals surface area contributed by atoms with E-state index >= 15 is 0 Å². The molecule has 27 heavy (non-hydrogen) atoms. The van der Waals surface area contributed by atoms with Gasteiger partial charge in [-0.05, 0) is 49.1 Å². The maximum atomic E-state index is 5.49. The summed E-state index contributed by atoms with van der Waals surface area (Å²) in [5.74, 6) is 0.941. The Hall–Kier alpha value is -2.37. The molecule has 4 aliphatic heterocycles. The molecule has 0 radical (unpaired) electrons. The third-order valence-corrected chi connectivity index (χ3v) is 6.98. The summed E-state index contributed by atoms with van der Waals surface area (Å²) in [5, 5.41) is 1.34. The van der Waals surface area contributed by atoms with Crippen LogP contribution in [0.5, 0.6) is 5.75 Å². The summed E-state index contributed by atoms with van der Waals surface area (Å²) in [6.07, 6.45) is 7.73. The van der Waals surface area contributed by atoms with Gasteiger partial charge in [0.15, 0.2) is 0 Å². The van der Waals surface area contributed by atoms with E-state index in [9.17, 15) is 0 Å². The lowest BCUT2D eigenvalue weighted by Crippen LogP contribution is -2.66. The van der Waals surface area contributed by atoms with Gasteiger partial charge in [0, 0.05) is 54.2 Å². The molecule has 2 bridgehead atoms. The molecule has 0 unspecified atom stereocenters. The fourth-order valence-corrected chi connectivity index (χ4v) is 5.75. The Morgan fingerprint density at radius 2 is 2.07 bits per heavy atom. The van der Waals surface area contributed by atoms with Gasteiger partial charge in [0.25, 0.3) is 0 Å². The third kappa shape index (κ3) is 2.04. The first-order valence-corrected chi connectivity index (χ1v) is 9.90. The van der Waals surface area contributed by atoms with Gasteiger partial charge in [-0.3, -0.25) is 14.8 Å². The first kappa shape index (κ1) is 15.7. The van der Waals surface area contributed by atoms with Gasteiger partial charge in [-0.1, -0.05) is 6.07 Å². The molecule has 1 N–H and O–H groups in total. The number of pyridine rings is 1. The fourth-order valence-electron chi connectivity index (χ4n) is 5.75. The van der Waals surface area contributed by atoms with Gasteiger partial charge in [0.2, 0.25) is 0 Å². The van der Waals surface area contributed by atoms with Gasteiger partial charge in [-0.25, -0.2) is 0 Å². The molecule has 1 spiro atoms. The first-order valence-electron chi connectivity index (χ1n) is 9.90. The third-order valence-electron chi connectivity index (χ3n) is 6.98. The summed E-state index contributed by atoms with van der Waals surface area (Å²) in [4.78, 5) is 13.6. The second-order valence-corrected chi connectivity index (χ2v) is 8.06. The monoisotopic (exact) mass is 360 g/mol. The van der Waals surface area contributed by atoms with Crippen molar-refractivity contribution < 1.29 is 4.74 Å². The van der Waals surface area contributed by atoms with Crippen molar-refractivity contribution in [3.63, 3.8) is 0 Å². The molecule has 3 aromatic rings. The van der Waals surface area contributed by atoms with E-state index in [1.54, 1.807) is 7.11 Å². The van der Waals surface area contributed by atoms with Gasteiger partial charge in [-0.2, -0.15) is 0 Å². The summed E-state index contributed by atoms with van der Waals surface area (Å²) >= 11 is 0. The van der Waals surface area contributed by atoms with Crippen molar-refractivity contribution in [2.75, 3.05) is 26.7 Å². The van der Waals surface area contributed by atoms with Crippen LogP contribution in [0, 0.1) is 0 Å². The number of nitrogens with zero attached hydrogens (tertiary/aromatic N) is 3. The normalized spacial score (nSPS) is 29.5. The number of H-pyrrole nitrogens is 1. The zero-order valence-corrected chi connectivity index (χ0v) is 15.6. The van der Waals surface area contributed by atoms with E-state index in [-0.39, 0.29) is 5.54 Å². The van der Waals surface area contributed by atoms with E-state index in [0.717, 1.165) is 31.8 Å². The SMILES string of the molecule is COc1ccc2[nH]c3c(c2c1)CCN1[C@H](c2cccnc2)N2CCC31CC2. The standard InChI is InChI=1S/C22H24N4O/c1-27-16-4-5-19-18(13-16)17-6-10-26-21(15-3-2-9-23-14-15)25-11-7-22(26,8-12-25)20(17)24-19/h2-5,9,13-14,21,24H,6-8,10-12H2,1H3/t21-/m1/s1. The predicted molar refractivity (Wildman–Crippen MR) is 105 cm³/mol. The minimum atomic E-state index is 0.120. The molecule has 0 aliphatic carbocycles. The lowest BCUT2D eigenvalue weighted by molar-refractivity contribution is -0.149. The maximum Gasteiger partial charge on any atom is 0.119 e. The number of ether oxygens (including phenoxy) is 1. The highest BCUT2D eigenvalue weighted by atomic mass is 16.5. The summed E-state index contributed by atoms with van der Waals surface area (Å²) in [6.45, 7) is 3.38. The minimum absolute atomic E-state index is 0.120. The molecular formula is C22H24N4O. The van der Waals surface area contributed by atoms with Crippen molar-refractivity contribution in [3.8, 4) is 5.75 Å². The predicted octanol–water partition coefficient (Wildman–Crippen LogP) is 3.43. The van der Waals surface area contributed by atoms with Gasteiger partial charge >= 0.3 is 0 Å². The Morgan fingerprint density at radius 1 is 1.19 bits per heavy atom. The summed E-state index contributed by atoms with van der Waals surface area (Å²) in [6, 6.07) is 10.7. The maximum absolute atomic E-state index is 5.49. The van der Waals surface area contributed by atoms with Gasteiger partial charge in [0.05, 0.1) is 18.8 Å². The molecule has 5 heteroatoms. The van der Waals surface area contributed by atoms with E-state index in [0.29, 0.717) is 6.17 Å². The van der Waals surface area contributed by atoms with Crippen molar-refractivity contribution in [1.82, 2.24) is 19.8 Å². The van der Waals surface area contributed by atoms with E-state index < -0.39 is 0 Å². The first-order chi connectivity index (χ1) is 13.3. The molecule has 7 rings (SSSR count). The van der Waals surface area contributed by atoms with E-state index in [1.807, 2.05) is 12.4 Å². The van der Waals surface area contributed by atoms with Crippen molar-refractivity contribution in [1.29, 1.82) is 0 Å². The van der Waals surface area contributed by atoms with Crippen LogP contribution in [0.25, 0.3) is 10.9 Å². The van der Waals surface area contributed by atoms with Crippen LogP contribution in [0.3, 0.4) is 0 Å². The molecule has 5 nitrogen and oxygen atoms in total. The minimum Gasteiger partial charge on any atom is -0.497 e. The fraction of sp³-hybridized carbons (Fsp3) is 0.409. The second kappa shape index (κ2) is 5.57. The smallest absolute Gasteiger partial charge is 0.119 e. The Morgan fingerprint density at radius 3 is 2.85 bits per heavy atom. The van der Waals surface area contributed by atoms with Crippen LogP contribution in [0.4, 0.5) is 0 Å². The van der Waals surface area contributed by atoms with Crippen molar-refractivity contribution in [2.24, 2.45) is 0 Å². The van der Waals surface area contributed by atoms with Crippen LogP contribution in [0.1, 0.15) is 35.8 Å². The van der Waals surface area contributed by atoms with Crippen LogP contribution in [-0.2, 0) is 12.0 Å². The quantitative estimate of drug-likeness (QED) is 0.760. The van der Waals surface area contributed by atoms with E-state index in [1.165, 1.54) is 40.6 Å². The molecule has 1 aromatic carbocycles. The summed E-state index contributed by atoms with van der Waals surface area (Å²) in [5.41, 5.74) is 5.63. The lowest BCUT2D eigenvalue weighted by Gasteiger charge is -2.62. The molecule has 2 aromatic heterocycles. The van der Waals surface area contributed by atoms with Gasteiger partial charge < -0.3 is 9.72 Å². The lowest BCUT2D eigenvalue weighted by atomic mass is 9.74. The average molecular weight is 360 g/mol. The number of aromatic amines is 1. The Balaban J connectivity index is 1.52. The number of nitrogens with one attached hydrogen (secondary N) is 1. The largest absolute Gasteiger partial charge is 0.497 e. The second-order valence-electron chi connectivity index (χ2n) is 8.06. The number of aromatic nitrogens is 2. The Kier molecular flexibility index (Phi) is 3.23. The highest BCUT2D eigenvalue weighted by Gasteiger charge is 2.55. The number of hydrogen-bond acceptors (Lipinski definition) is 4. The topological polar surface area (TPSA) is 44.4 Å². The summed E-state index contributed by atoms with van der Waals surface area (Å²) < 4.78 is 5.49. The molecule has 6 heterocycles. The zero-order chi connectivity index (χ0) is 18.0. The molecule has 3 fully saturated rings. The van der Waals surface area contributed by atoms with Crippen LogP contribution < -0.4 is 4.74 Å². The van der Waals surface area contributed by atoms with Gasteiger partial charge in [0.1, 0.15) is 5.75 Å². The van der Waals surface area contributed by atoms with Crippen molar-refractivity contribution in [2.45, 2.75) is 31.0 Å². The molecule has 0 saturated carbocycles. The number of fused-ring (bicyclic) bond motifs is 5. The summed E-state index contributed by atoms with van der Waals surface area (Å²) in [7, 11) is 1.75. The van der Waals surface area contributed by atoms with Crippen molar-refractivity contribution >= 4 is 10.9 Å². The molecule has 1 atom stereocenters. The number of methoxy groups -OCH3 is 1. The molecule has 0 amide bonds. The van der Waals surface area contributed by atoms with Crippen LogP contribution in [0.15, 0.2) is 42.7 Å². The average Bonchev–Trinajstić information content (AvgIpc) is 3.13. The highest BCUT2D eigenvalue weighted by molar-refractivity contribution is 5.87. The van der Waals surface area contributed by atoms with Crippen LogP contribution in [0.2, 0.25) is 0 Å². The van der Waals surface area contributed by atoms with Crippen LogP contribution in [-0.4, -0.2) is 46.5 Å². The zero-order valence-electron chi connectivity index (χ0n) is 15.6. The van der Waals surface area contributed by atoms with E-state index in [4.69, 9.17) is 4.74 Å². The van der Waals surface area contributed by atoms with Gasteiger partial charge in [-0.15, -0.1) is 0 Å². The molecule has 4 aliphatic rings. The van der Waals surface area contributed by atoms with E-state index in [2.05, 4.69) is 50.1 Å². The highest BCUT2D eigenvalue weighted by Crippen LogP contribution is 2.53. The molecule has 3 saturated heterocycles. The van der Waals surface area contributed by atoms with Crippen LogP contribution >= 0.6 is 0 Å².